The van der Waals surface area contributed by atoms with E-state index in [1.54, 1.807) is 0 Å². The zero-order valence-corrected chi connectivity index (χ0v) is 11.1. The molecule has 1 heteroatoms. The van der Waals surface area contributed by atoms with E-state index in [2.05, 4.69) is 80.8 Å². The summed E-state index contributed by atoms with van der Waals surface area (Å²) in [5.41, 5.74) is 3.88. The fourth-order valence-corrected chi connectivity index (χ4v) is 1.94. The van der Waals surface area contributed by atoms with Gasteiger partial charge in [-0.3, -0.25) is 0 Å². The maximum absolute atomic E-state index is 2.32. The summed E-state index contributed by atoms with van der Waals surface area (Å²) in [6.07, 6.45) is 2.32. The third-order valence-electron chi connectivity index (χ3n) is 2.88. The van der Waals surface area contributed by atoms with E-state index >= 15 is 0 Å². The van der Waals surface area contributed by atoms with Gasteiger partial charge >= 0.3 is 0 Å². The van der Waals surface area contributed by atoms with Crippen LogP contribution in [0.5, 0.6) is 0 Å². The molecule has 0 saturated carbocycles. The molecular formula is C17H20N+. The van der Waals surface area contributed by atoms with E-state index in [9.17, 15) is 0 Å². The van der Waals surface area contributed by atoms with E-state index in [4.69, 9.17) is 0 Å². The van der Waals surface area contributed by atoms with Crippen LogP contribution in [0.1, 0.15) is 11.1 Å². The predicted molar refractivity (Wildman–Crippen MR) is 77.6 cm³/mol. The first-order valence-electron chi connectivity index (χ1n) is 6.37. The summed E-state index contributed by atoms with van der Waals surface area (Å²) in [4.78, 5) is 1.43. The third-order valence-corrected chi connectivity index (χ3v) is 2.88. The number of benzene rings is 2. The molecule has 1 N–H and O–H groups in total. The number of hydrogen-bond donors (Lipinski definition) is 1. The molecule has 18 heavy (non-hydrogen) atoms. The molecule has 0 amide bonds. The molecule has 0 bridgehead atoms. The lowest BCUT2D eigenvalue weighted by molar-refractivity contribution is -0.851. The topological polar surface area (TPSA) is 4.44 Å². The Hall–Kier alpha value is -1.86. The van der Waals surface area contributed by atoms with E-state index in [-0.39, 0.29) is 0 Å². The van der Waals surface area contributed by atoms with Crippen molar-refractivity contribution in [3.63, 3.8) is 0 Å². The highest BCUT2D eigenvalue weighted by Gasteiger charge is 2.04. The van der Waals surface area contributed by atoms with Crippen LogP contribution in [0.3, 0.4) is 0 Å². The van der Waals surface area contributed by atoms with Crippen LogP contribution in [0, 0.1) is 0 Å². The Morgan fingerprint density at radius 1 is 0.833 bits per heavy atom. The monoisotopic (exact) mass is 238 g/mol. The molecule has 2 aromatic rings. The summed E-state index contributed by atoms with van der Waals surface area (Å²) in [5.74, 6) is 0. The molecule has 0 fully saturated rings. The second kappa shape index (κ2) is 6.18. The maximum Gasteiger partial charge on any atom is 0.0963 e. The van der Waals surface area contributed by atoms with Crippen LogP contribution in [0.4, 0.5) is 0 Å². The molecule has 1 nitrogen and oxygen atoms in total. The van der Waals surface area contributed by atoms with Crippen molar-refractivity contribution < 1.29 is 4.90 Å². The molecule has 0 aromatic heterocycles. The average Bonchev–Trinajstić information content (AvgIpc) is 2.41. The van der Waals surface area contributed by atoms with Gasteiger partial charge in [-0.05, 0) is 22.8 Å². The van der Waals surface area contributed by atoms with Gasteiger partial charge in [-0.15, -0.1) is 0 Å². The van der Waals surface area contributed by atoms with Gasteiger partial charge in [0.25, 0.3) is 0 Å². The summed E-state index contributed by atoms with van der Waals surface area (Å²) in [6.45, 7) is 1.03. The van der Waals surface area contributed by atoms with Crippen molar-refractivity contribution in [1.82, 2.24) is 0 Å². The second-order valence-corrected chi connectivity index (χ2v) is 4.76. The lowest BCUT2D eigenvalue weighted by Crippen LogP contribution is -3.05. The fraction of sp³-hybridized carbons (Fsp3) is 0.176. The van der Waals surface area contributed by atoms with Gasteiger partial charge in [0.05, 0.1) is 20.6 Å². The molecule has 2 rings (SSSR count). The molecule has 0 aliphatic rings. The van der Waals surface area contributed by atoms with Gasteiger partial charge in [0.2, 0.25) is 0 Å². The zero-order chi connectivity index (χ0) is 12.8. The Balaban J connectivity index is 2.39. The van der Waals surface area contributed by atoms with Crippen LogP contribution in [-0.4, -0.2) is 20.6 Å². The molecule has 0 aliphatic carbocycles. The van der Waals surface area contributed by atoms with Crippen molar-refractivity contribution in [2.24, 2.45) is 0 Å². The summed E-state index contributed by atoms with van der Waals surface area (Å²) in [7, 11) is 4.34. The van der Waals surface area contributed by atoms with Gasteiger partial charge in [0.15, 0.2) is 0 Å². The summed E-state index contributed by atoms with van der Waals surface area (Å²) >= 11 is 0. The standard InChI is InChI=1S/C17H19N/c1-18(2)14-13-17(15-9-5-3-6-10-15)16-11-7-4-8-12-16/h3-13H,14H2,1-2H3/p+1. The van der Waals surface area contributed by atoms with Crippen molar-refractivity contribution >= 4 is 5.57 Å². The Bertz CT molecular complexity index is 456. The molecule has 0 atom stereocenters. The van der Waals surface area contributed by atoms with E-state index in [1.807, 2.05) is 0 Å². The van der Waals surface area contributed by atoms with Gasteiger partial charge in [0.1, 0.15) is 0 Å². The molecule has 0 heterocycles. The number of hydrogen-bond acceptors (Lipinski definition) is 0. The SMILES string of the molecule is C[NH+](C)CC=C(c1ccccc1)c1ccccc1. The largest absolute Gasteiger partial charge is 0.337 e. The Labute approximate surface area is 109 Å². The number of likely N-dealkylation sites (N-methyl/N-ethyl adjacent to an activating group) is 1. The highest BCUT2D eigenvalue weighted by Crippen LogP contribution is 2.22. The Kier molecular flexibility index (Phi) is 4.32. The van der Waals surface area contributed by atoms with Crippen LogP contribution in [-0.2, 0) is 0 Å². The van der Waals surface area contributed by atoms with Crippen LogP contribution in [0.2, 0.25) is 0 Å². The van der Waals surface area contributed by atoms with Crippen molar-refractivity contribution in [3.05, 3.63) is 77.9 Å². The summed E-state index contributed by atoms with van der Waals surface area (Å²) in [5, 5.41) is 0. The molecule has 0 radical (unpaired) electrons. The van der Waals surface area contributed by atoms with E-state index in [1.165, 1.54) is 21.6 Å². The van der Waals surface area contributed by atoms with Crippen LogP contribution in [0.25, 0.3) is 5.57 Å². The van der Waals surface area contributed by atoms with Crippen molar-refractivity contribution in [3.8, 4) is 0 Å². The number of rotatable bonds is 4. The molecule has 92 valence electrons. The van der Waals surface area contributed by atoms with Crippen molar-refractivity contribution in [2.75, 3.05) is 20.6 Å². The normalized spacial score (nSPS) is 10.4. The highest BCUT2D eigenvalue weighted by atomic mass is 15.0. The minimum absolute atomic E-state index is 1.03. The minimum atomic E-state index is 1.03. The number of nitrogens with one attached hydrogen (secondary N) is 1. The van der Waals surface area contributed by atoms with Crippen molar-refractivity contribution in [2.45, 2.75) is 0 Å². The first-order chi connectivity index (χ1) is 8.77. The van der Waals surface area contributed by atoms with Crippen LogP contribution in [0.15, 0.2) is 66.7 Å². The van der Waals surface area contributed by atoms with E-state index < -0.39 is 0 Å². The molecule has 0 spiro atoms. The van der Waals surface area contributed by atoms with Gasteiger partial charge < -0.3 is 4.90 Å². The molecular weight excluding hydrogens is 218 g/mol. The zero-order valence-electron chi connectivity index (χ0n) is 11.1. The van der Waals surface area contributed by atoms with Gasteiger partial charge in [0, 0.05) is 0 Å². The smallest absolute Gasteiger partial charge is 0.0963 e. The van der Waals surface area contributed by atoms with E-state index in [0.717, 1.165) is 6.54 Å². The maximum atomic E-state index is 2.32. The fourth-order valence-electron chi connectivity index (χ4n) is 1.94. The number of quaternary nitrogens is 1. The van der Waals surface area contributed by atoms with Crippen LogP contribution >= 0.6 is 0 Å². The second-order valence-electron chi connectivity index (χ2n) is 4.76. The molecule has 2 aromatic carbocycles. The molecule has 0 aliphatic heterocycles. The predicted octanol–water partition coefficient (Wildman–Crippen LogP) is 2.26. The third kappa shape index (κ3) is 3.31. The summed E-state index contributed by atoms with van der Waals surface area (Å²) in [6, 6.07) is 21.2. The first-order valence-corrected chi connectivity index (χ1v) is 6.37. The van der Waals surface area contributed by atoms with Crippen LogP contribution < -0.4 is 4.90 Å². The van der Waals surface area contributed by atoms with Gasteiger partial charge in [-0.1, -0.05) is 60.7 Å². The van der Waals surface area contributed by atoms with Gasteiger partial charge in [-0.2, -0.15) is 0 Å². The summed E-state index contributed by atoms with van der Waals surface area (Å²) < 4.78 is 0. The average molecular weight is 238 g/mol. The van der Waals surface area contributed by atoms with Gasteiger partial charge in [-0.25, -0.2) is 0 Å². The lowest BCUT2D eigenvalue weighted by atomic mass is 9.97. The molecule has 0 unspecified atom stereocenters. The Morgan fingerprint density at radius 3 is 1.67 bits per heavy atom. The Morgan fingerprint density at radius 2 is 1.28 bits per heavy atom. The minimum Gasteiger partial charge on any atom is -0.337 e. The quantitative estimate of drug-likeness (QED) is 0.833. The highest BCUT2D eigenvalue weighted by molar-refractivity contribution is 5.79. The first kappa shape index (κ1) is 12.6. The van der Waals surface area contributed by atoms with Crippen molar-refractivity contribution in [1.29, 1.82) is 0 Å². The molecule has 0 saturated heterocycles. The lowest BCUT2D eigenvalue weighted by Gasteiger charge is -2.10. The van der Waals surface area contributed by atoms with E-state index in [0.29, 0.717) is 0 Å².